The Morgan fingerprint density at radius 3 is 2.93 bits per heavy atom. The second kappa shape index (κ2) is 3.24. The summed E-state index contributed by atoms with van der Waals surface area (Å²) in [5.41, 5.74) is 4.13. The highest BCUT2D eigenvalue weighted by atomic mass is 16.3. The number of nitrogens with zero attached hydrogens (tertiary/aromatic N) is 2. The summed E-state index contributed by atoms with van der Waals surface area (Å²) in [5, 5.41) is 9.84. The Morgan fingerprint density at radius 2 is 2.21 bits per heavy atom. The molecule has 14 heavy (non-hydrogen) atoms. The van der Waals surface area contributed by atoms with Crippen LogP contribution in [-0.2, 0) is 0 Å². The number of aryl methyl sites for hydroxylation is 2. The zero-order chi connectivity index (χ0) is 10.3. The first-order chi connectivity index (χ1) is 6.59. The van der Waals surface area contributed by atoms with Crippen LogP contribution in [0.2, 0.25) is 0 Å². The van der Waals surface area contributed by atoms with E-state index in [1.807, 2.05) is 6.92 Å². The third-order valence-electron chi connectivity index (χ3n) is 2.77. The topological polar surface area (TPSA) is 36.4 Å². The van der Waals surface area contributed by atoms with Crippen molar-refractivity contribution >= 4 is 5.69 Å². The molecule has 3 heteroatoms. The number of hydrogen-bond donors (Lipinski definition) is 1. The highest BCUT2D eigenvalue weighted by Gasteiger charge is 2.24. The summed E-state index contributed by atoms with van der Waals surface area (Å²) >= 11 is 0. The number of fused-ring (bicyclic) bond motifs is 1. The summed E-state index contributed by atoms with van der Waals surface area (Å²) < 4.78 is 0. The number of pyridine rings is 1. The molecule has 1 aromatic heterocycles. The van der Waals surface area contributed by atoms with Crippen molar-refractivity contribution in [2.45, 2.75) is 26.4 Å². The first kappa shape index (κ1) is 9.46. The lowest BCUT2D eigenvalue weighted by atomic mass is 10.0. The predicted molar refractivity (Wildman–Crippen MR) is 56.6 cm³/mol. The zero-order valence-corrected chi connectivity index (χ0v) is 8.91. The molecule has 0 saturated heterocycles. The summed E-state index contributed by atoms with van der Waals surface area (Å²) in [6.45, 7) is 4.94. The van der Waals surface area contributed by atoms with Crippen molar-refractivity contribution in [3.05, 3.63) is 23.0 Å². The van der Waals surface area contributed by atoms with Gasteiger partial charge < -0.3 is 10.0 Å². The average Bonchev–Trinajstić information content (AvgIpc) is 2.10. The van der Waals surface area contributed by atoms with Crippen LogP contribution in [0.3, 0.4) is 0 Å². The molecule has 0 aromatic carbocycles. The third kappa shape index (κ3) is 1.38. The Labute approximate surface area is 84.4 Å². The molecule has 1 N–H and O–H groups in total. The van der Waals surface area contributed by atoms with Crippen LogP contribution < -0.4 is 4.90 Å². The quantitative estimate of drug-likeness (QED) is 0.678. The Morgan fingerprint density at radius 1 is 1.50 bits per heavy atom. The van der Waals surface area contributed by atoms with Gasteiger partial charge in [-0.15, -0.1) is 0 Å². The van der Waals surface area contributed by atoms with Gasteiger partial charge in [0.15, 0.2) is 0 Å². The minimum Gasteiger partial charge on any atom is -0.387 e. The number of anilines is 1. The minimum absolute atomic E-state index is 0.389. The van der Waals surface area contributed by atoms with Crippen LogP contribution in [0, 0.1) is 13.8 Å². The lowest BCUT2D eigenvalue weighted by Crippen LogP contribution is -2.29. The Bertz CT molecular complexity index is 363. The number of aliphatic hydroxyl groups excluding tert-OH is 1. The smallest absolute Gasteiger partial charge is 0.0997 e. The van der Waals surface area contributed by atoms with Crippen molar-refractivity contribution in [2.24, 2.45) is 0 Å². The van der Waals surface area contributed by atoms with Crippen molar-refractivity contribution in [2.75, 3.05) is 18.5 Å². The molecule has 0 amide bonds. The molecule has 1 aromatic rings. The van der Waals surface area contributed by atoms with Crippen molar-refractivity contribution in [1.82, 2.24) is 4.98 Å². The molecule has 76 valence electrons. The summed E-state index contributed by atoms with van der Waals surface area (Å²) in [6.07, 6.45) is 0.388. The van der Waals surface area contributed by atoms with Gasteiger partial charge in [0.1, 0.15) is 0 Å². The Balaban J connectivity index is 2.60. The van der Waals surface area contributed by atoms with Gasteiger partial charge in [-0.1, -0.05) is 0 Å². The highest BCUT2D eigenvalue weighted by molar-refractivity contribution is 5.59. The molecular weight excluding hydrogens is 176 g/mol. The van der Waals surface area contributed by atoms with Crippen molar-refractivity contribution in [3.8, 4) is 0 Å². The van der Waals surface area contributed by atoms with Crippen LogP contribution in [0.25, 0.3) is 0 Å². The van der Waals surface area contributed by atoms with E-state index in [1.165, 1.54) is 5.56 Å². The highest BCUT2D eigenvalue weighted by Crippen LogP contribution is 2.34. The third-order valence-corrected chi connectivity index (χ3v) is 2.77. The molecule has 0 spiro atoms. The van der Waals surface area contributed by atoms with Crippen molar-refractivity contribution in [3.63, 3.8) is 0 Å². The van der Waals surface area contributed by atoms with E-state index in [4.69, 9.17) is 0 Å². The van der Waals surface area contributed by atoms with Gasteiger partial charge in [0, 0.05) is 19.3 Å². The van der Waals surface area contributed by atoms with E-state index in [9.17, 15) is 5.11 Å². The number of rotatable bonds is 0. The van der Waals surface area contributed by atoms with Crippen LogP contribution in [0.5, 0.6) is 0 Å². The van der Waals surface area contributed by atoms with Gasteiger partial charge in [-0.2, -0.15) is 0 Å². The average molecular weight is 192 g/mol. The van der Waals surface area contributed by atoms with Gasteiger partial charge in [0.05, 0.1) is 17.5 Å². The van der Waals surface area contributed by atoms with Crippen LogP contribution in [-0.4, -0.2) is 23.7 Å². The molecule has 0 aliphatic carbocycles. The maximum absolute atomic E-state index is 9.84. The van der Waals surface area contributed by atoms with E-state index in [-0.39, 0.29) is 6.10 Å². The Kier molecular flexibility index (Phi) is 2.19. The summed E-state index contributed by atoms with van der Waals surface area (Å²) in [5.74, 6) is 0. The molecule has 2 rings (SSSR count). The Hall–Kier alpha value is -1.09. The molecule has 1 aliphatic heterocycles. The van der Waals surface area contributed by atoms with E-state index in [0.29, 0.717) is 0 Å². The molecule has 0 saturated carbocycles. The zero-order valence-electron chi connectivity index (χ0n) is 8.91. The molecular formula is C11H16N2O. The first-order valence-corrected chi connectivity index (χ1v) is 4.97. The van der Waals surface area contributed by atoms with E-state index in [0.717, 1.165) is 30.0 Å². The first-order valence-electron chi connectivity index (χ1n) is 4.97. The van der Waals surface area contributed by atoms with E-state index in [2.05, 4.69) is 29.9 Å². The second-order valence-corrected chi connectivity index (χ2v) is 4.04. The van der Waals surface area contributed by atoms with Crippen LogP contribution in [0.4, 0.5) is 5.69 Å². The minimum atomic E-state index is -0.389. The fraction of sp³-hybridized carbons (Fsp3) is 0.545. The van der Waals surface area contributed by atoms with Crippen molar-refractivity contribution < 1.29 is 5.11 Å². The monoisotopic (exact) mass is 192 g/mol. The summed E-state index contributed by atoms with van der Waals surface area (Å²) in [7, 11) is 2.05. The van der Waals surface area contributed by atoms with Crippen molar-refractivity contribution in [1.29, 1.82) is 0 Å². The number of hydrogen-bond acceptors (Lipinski definition) is 3. The lowest BCUT2D eigenvalue weighted by molar-refractivity contribution is 0.160. The van der Waals surface area contributed by atoms with E-state index < -0.39 is 0 Å². The number of aliphatic hydroxyl groups is 1. The van der Waals surface area contributed by atoms with Crippen LogP contribution in [0.15, 0.2) is 6.07 Å². The fourth-order valence-corrected chi connectivity index (χ4v) is 2.15. The van der Waals surface area contributed by atoms with Gasteiger partial charge in [-0.05, 0) is 31.9 Å². The normalized spacial score (nSPS) is 20.9. The molecule has 3 nitrogen and oxygen atoms in total. The molecule has 0 radical (unpaired) electrons. The fourth-order valence-electron chi connectivity index (χ4n) is 2.15. The number of aromatic nitrogens is 1. The lowest BCUT2D eigenvalue weighted by Gasteiger charge is -2.31. The largest absolute Gasteiger partial charge is 0.387 e. The van der Waals surface area contributed by atoms with E-state index >= 15 is 0 Å². The van der Waals surface area contributed by atoms with Gasteiger partial charge >= 0.3 is 0 Å². The summed E-state index contributed by atoms with van der Waals surface area (Å²) in [4.78, 5) is 6.58. The maximum Gasteiger partial charge on any atom is 0.0997 e. The van der Waals surface area contributed by atoms with Crippen LogP contribution in [0.1, 0.15) is 29.5 Å². The maximum atomic E-state index is 9.84. The molecule has 0 bridgehead atoms. The molecule has 0 fully saturated rings. The molecule has 2 heterocycles. The molecule has 1 atom stereocenters. The van der Waals surface area contributed by atoms with E-state index in [1.54, 1.807) is 0 Å². The van der Waals surface area contributed by atoms with Gasteiger partial charge in [0.25, 0.3) is 0 Å². The standard InChI is InChI=1S/C11H16N2O/c1-7-6-8(2)12-10-9(14)4-5-13(3)11(7)10/h6,9,14H,4-5H2,1-3H3. The van der Waals surface area contributed by atoms with Gasteiger partial charge in [-0.3, -0.25) is 4.98 Å². The predicted octanol–water partition coefficient (Wildman–Crippen LogP) is 1.57. The summed E-state index contributed by atoms with van der Waals surface area (Å²) in [6, 6.07) is 2.06. The van der Waals surface area contributed by atoms with Gasteiger partial charge in [-0.25, -0.2) is 0 Å². The molecule has 1 aliphatic rings. The SMILES string of the molecule is Cc1cc(C)c2c(n1)C(O)CCN2C. The van der Waals surface area contributed by atoms with Crippen LogP contribution >= 0.6 is 0 Å². The molecule has 1 unspecified atom stereocenters. The van der Waals surface area contributed by atoms with Gasteiger partial charge in [0.2, 0.25) is 0 Å². The second-order valence-electron chi connectivity index (χ2n) is 4.04.